The maximum absolute atomic E-state index is 6.19. The molecule has 1 aliphatic heterocycles. The number of likely N-dealkylation sites (N-methyl/N-ethyl adjacent to an activating group) is 1. The van der Waals surface area contributed by atoms with Gasteiger partial charge in [-0.1, -0.05) is 12.1 Å². The molecule has 1 fully saturated rings. The molecule has 1 aromatic rings. The van der Waals surface area contributed by atoms with Crippen molar-refractivity contribution < 1.29 is 0 Å². The highest BCUT2D eigenvalue weighted by Crippen LogP contribution is 2.28. The number of hydrogen-bond donors (Lipinski definition) is 1. The molecule has 118 valence electrons. The molecular formula is C18H31N3. The van der Waals surface area contributed by atoms with E-state index < -0.39 is 0 Å². The Bertz CT molecular complexity index is 484. The Morgan fingerprint density at radius 2 is 1.81 bits per heavy atom. The first-order valence-electron chi connectivity index (χ1n) is 8.16. The molecule has 0 aliphatic carbocycles. The predicted molar refractivity (Wildman–Crippen MR) is 90.7 cm³/mol. The van der Waals surface area contributed by atoms with E-state index in [1.165, 1.54) is 35.2 Å². The maximum Gasteiger partial charge on any atom is 0.0476 e. The second-order valence-electron chi connectivity index (χ2n) is 6.75. The van der Waals surface area contributed by atoms with Crippen LogP contribution in [0, 0.1) is 20.8 Å². The molecule has 0 spiro atoms. The second kappa shape index (κ2) is 6.91. The molecule has 1 heterocycles. The summed E-state index contributed by atoms with van der Waals surface area (Å²) in [6, 6.07) is 5.55. The molecule has 0 radical (unpaired) electrons. The van der Waals surface area contributed by atoms with Crippen molar-refractivity contribution in [1.29, 1.82) is 0 Å². The van der Waals surface area contributed by atoms with Gasteiger partial charge in [-0.15, -0.1) is 0 Å². The summed E-state index contributed by atoms with van der Waals surface area (Å²) < 4.78 is 0. The molecule has 2 rings (SSSR count). The van der Waals surface area contributed by atoms with Crippen LogP contribution in [0.3, 0.4) is 0 Å². The van der Waals surface area contributed by atoms with E-state index in [2.05, 4.69) is 56.7 Å². The molecule has 0 saturated carbocycles. The van der Waals surface area contributed by atoms with E-state index >= 15 is 0 Å². The van der Waals surface area contributed by atoms with Crippen molar-refractivity contribution in [3.8, 4) is 0 Å². The Morgan fingerprint density at radius 3 is 2.48 bits per heavy atom. The van der Waals surface area contributed by atoms with Crippen molar-refractivity contribution in [2.45, 2.75) is 46.2 Å². The van der Waals surface area contributed by atoms with Gasteiger partial charge in [-0.05, 0) is 70.0 Å². The van der Waals surface area contributed by atoms with E-state index in [0.717, 1.165) is 13.1 Å². The van der Waals surface area contributed by atoms with Crippen molar-refractivity contribution >= 4 is 0 Å². The number of benzene rings is 1. The highest BCUT2D eigenvalue weighted by atomic mass is 15.3. The summed E-state index contributed by atoms with van der Waals surface area (Å²) in [5, 5.41) is 0. The van der Waals surface area contributed by atoms with Gasteiger partial charge in [0.25, 0.3) is 0 Å². The molecule has 2 unspecified atom stereocenters. The van der Waals surface area contributed by atoms with Gasteiger partial charge in [0.05, 0.1) is 0 Å². The molecule has 2 atom stereocenters. The van der Waals surface area contributed by atoms with Crippen molar-refractivity contribution in [3.63, 3.8) is 0 Å². The third-order valence-corrected chi connectivity index (χ3v) is 4.96. The molecule has 21 heavy (non-hydrogen) atoms. The summed E-state index contributed by atoms with van der Waals surface area (Å²) in [6.07, 6.45) is 1.22. The normalized spacial score (nSPS) is 23.0. The Balaban J connectivity index is 2.32. The predicted octanol–water partition coefficient (Wildman–Crippen LogP) is 2.64. The molecule has 0 bridgehead atoms. The van der Waals surface area contributed by atoms with Crippen LogP contribution >= 0.6 is 0 Å². The van der Waals surface area contributed by atoms with E-state index in [0.29, 0.717) is 18.6 Å². The minimum absolute atomic E-state index is 0.339. The van der Waals surface area contributed by atoms with Gasteiger partial charge in [0.15, 0.2) is 0 Å². The highest BCUT2D eigenvalue weighted by Gasteiger charge is 2.27. The van der Waals surface area contributed by atoms with Crippen LogP contribution in [0.4, 0.5) is 0 Å². The average molecular weight is 289 g/mol. The minimum Gasteiger partial charge on any atom is -0.329 e. The first kappa shape index (κ1) is 16.5. The molecule has 1 aromatic carbocycles. The standard InChI is InChI=1S/C18H31N3/c1-13-9-15(3)17(10-14(13)2)18(11-19)21-8-6-7-20(5)12-16(21)4/h9-10,16,18H,6-8,11-12,19H2,1-5H3. The van der Waals surface area contributed by atoms with E-state index in [-0.39, 0.29) is 0 Å². The molecular weight excluding hydrogens is 258 g/mol. The number of rotatable bonds is 3. The zero-order valence-electron chi connectivity index (χ0n) is 14.3. The lowest BCUT2D eigenvalue weighted by Crippen LogP contribution is -2.43. The van der Waals surface area contributed by atoms with Crippen molar-refractivity contribution in [2.24, 2.45) is 5.73 Å². The number of aryl methyl sites for hydroxylation is 3. The zero-order chi connectivity index (χ0) is 15.6. The van der Waals surface area contributed by atoms with Gasteiger partial charge < -0.3 is 10.6 Å². The molecule has 3 heteroatoms. The van der Waals surface area contributed by atoms with Crippen molar-refractivity contribution in [2.75, 3.05) is 33.2 Å². The third-order valence-electron chi connectivity index (χ3n) is 4.96. The molecule has 0 aromatic heterocycles. The number of nitrogens with zero attached hydrogens (tertiary/aromatic N) is 2. The fourth-order valence-corrected chi connectivity index (χ4v) is 3.64. The summed E-state index contributed by atoms with van der Waals surface area (Å²) in [5.41, 5.74) is 11.7. The van der Waals surface area contributed by atoms with E-state index in [4.69, 9.17) is 5.73 Å². The Morgan fingerprint density at radius 1 is 1.14 bits per heavy atom. The summed E-state index contributed by atoms with van der Waals surface area (Å²) in [6.45, 7) is 13.1. The van der Waals surface area contributed by atoms with Crippen LogP contribution in [-0.2, 0) is 0 Å². The van der Waals surface area contributed by atoms with Crippen LogP contribution in [0.5, 0.6) is 0 Å². The maximum atomic E-state index is 6.19. The first-order chi connectivity index (χ1) is 9.93. The molecule has 1 aliphatic rings. The van der Waals surface area contributed by atoms with Gasteiger partial charge in [0, 0.05) is 31.7 Å². The minimum atomic E-state index is 0.339. The quantitative estimate of drug-likeness (QED) is 0.928. The Labute approximate surface area is 130 Å². The Hall–Kier alpha value is -0.900. The van der Waals surface area contributed by atoms with Crippen LogP contribution in [-0.4, -0.2) is 49.1 Å². The van der Waals surface area contributed by atoms with Gasteiger partial charge in [0.2, 0.25) is 0 Å². The van der Waals surface area contributed by atoms with Crippen molar-refractivity contribution in [1.82, 2.24) is 9.80 Å². The van der Waals surface area contributed by atoms with E-state index in [9.17, 15) is 0 Å². The lowest BCUT2D eigenvalue weighted by Gasteiger charge is -2.36. The summed E-state index contributed by atoms with van der Waals surface area (Å²) in [4.78, 5) is 5.05. The Kier molecular flexibility index (Phi) is 5.42. The molecule has 0 amide bonds. The first-order valence-corrected chi connectivity index (χ1v) is 8.16. The lowest BCUT2D eigenvalue weighted by molar-refractivity contribution is 0.146. The van der Waals surface area contributed by atoms with Crippen LogP contribution in [0.15, 0.2) is 12.1 Å². The highest BCUT2D eigenvalue weighted by molar-refractivity contribution is 5.38. The van der Waals surface area contributed by atoms with Crippen LogP contribution in [0.1, 0.15) is 41.6 Å². The fourth-order valence-electron chi connectivity index (χ4n) is 3.64. The number of hydrogen-bond acceptors (Lipinski definition) is 3. The molecule has 2 N–H and O–H groups in total. The van der Waals surface area contributed by atoms with Crippen LogP contribution < -0.4 is 5.73 Å². The van der Waals surface area contributed by atoms with Gasteiger partial charge in [0.1, 0.15) is 0 Å². The zero-order valence-corrected chi connectivity index (χ0v) is 14.3. The third kappa shape index (κ3) is 3.65. The monoisotopic (exact) mass is 289 g/mol. The van der Waals surface area contributed by atoms with Gasteiger partial charge >= 0.3 is 0 Å². The molecule has 1 saturated heterocycles. The van der Waals surface area contributed by atoms with Gasteiger partial charge in [-0.2, -0.15) is 0 Å². The SMILES string of the molecule is Cc1cc(C)c(C(CN)N2CCCN(C)CC2C)cc1C. The van der Waals surface area contributed by atoms with Gasteiger partial charge in [-0.3, -0.25) is 4.90 Å². The topological polar surface area (TPSA) is 32.5 Å². The van der Waals surface area contributed by atoms with Gasteiger partial charge in [-0.25, -0.2) is 0 Å². The second-order valence-corrected chi connectivity index (χ2v) is 6.75. The fraction of sp³-hybridized carbons (Fsp3) is 0.667. The lowest BCUT2D eigenvalue weighted by atomic mass is 9.94. The van der Waals surface area contributed by atoms with Crippen molar-refractivity contribution in [3.05, 3.63) is 34.4 Å². The smallest absolute Gasteiger partial charge is 0.0476 e. The van der Waals surface area contributed by atoms with E-state index in [1.54, 1.807) is 0 Å². The number of nitrogens with two attached hydrogens (primary N) is 1. The van der Waals surface area contributed by atoms with E-state index in [1.807, 2.05) is 0 Å². The average Bonchev–Trinajstić information content (AvgIpc) is 2.58. The largest absolute Gasteiger partial charge is 0.329 e. The summed E-state index contributed by atoms with van der Waals surface area (Å²) >= 11 is 0. The summed E-state index contributed by atoms with van der Waals surface area (Å²) in [7, 11) is 2.22. The summed E-state index contributed by atoms with van der Waals surface area (Å²) in [5.74, 6) is 0. The van der Waals surface area contributed by atoms with Crippen LogP contribution in [0.2, 0.25) is 0 Å². The molecule has 3 nitrogen and oxygen atoms in total. The van der Waals surface area contributed by atoms with Crippen LogP contribution in [0.25, 0.3) is 0 Å².